The highest BCUT2D eigenvalue weighted by Crippen LogP contribution is 2.36. The molecule has 4 rings (SSSR count). The number of halogens is 2. The van der Waals surface area contributed by atoms with E-state index in [9.17, 15) is 4.79 Å². The predicted molar refractivity (Wildman–Crippen MR) is 126 cm³/mol. The molecule has 0 atom stereocenters. The van der Waals surface area contributed by atoms with E-state index >= 15 is 0 Å². The lowest BCUT2D eigenvalue weighted by molar-refractivity contribution is 0.0985. The molecule has 156 valence electrons. The van der Waals surface area contributed by atoms with Crippen LogP contribution in [0.2, 0.25) is 5.02 Å². The largest absolute Gasteiger partial charge is 0.308 e. The fourth-order valence-electron chi connectivity index (χ4n) is 3.04. The topological polar surface area (TPSA) is 62.2 Å². The maximum Gasteiger partial charge on any atom is 0.260 e. The molecular formula is C21H21Cl2N5OS. The summed E-state index contributed by atoms with van der Waals surface area (Å²) < 4.78 is 0.897. The third-order valence-corrected chi connectivity index (χ3v) is 6.19. The summed E-state index contributed by atoms with van der Waals surface area (Å²) in [6.45, 7) is 3.22. The molecule has 2 heterocycles. The van der Waals surface area contributed by atoms with E-state index in [1.165, 1.54) is 11.3 Å². The van der Waals surface area contributed by atoms with Crippen molar-refractivity contribution in [3.63, 3.8) is 0 Å². The summed E-state index contributed by atoms with van der Waals surface area (Å²) in [4.78, 5) is 30.5. The maximum absolute atomic E-state index is 13.4. The zero-order valence-corrected chi connectivity index (χ0v) is 19.2. The van der Waals surface area contributed by atoms with Crippen LogP contribution in [0.25, 0.3) is 21.3 Å². The smallest absolute Gasteiger partial charge is 0.260 e. The molecule has 30 heavy (non-hydrogen) atoms. The lowest BCUT2D eigenvalue weighted by atomic mass is 10.1. The Kier molecular flexibility index (Phi) is 6.88. The summed E-state index contributed by atoms with van der Waals surface area (Å²) in [5.74, 6) is -0.118. The molecule has 0 aliphatic carbocycles. The van der Waals surface area contributed by atoms with Gasteiger partial charge in [0.2, 0.25) is 0 Å². The summed E-state index contributed by atoms with van der Waals surface area (Å²) in [6, 6.07) is 9.20. The first-order valence-corrected chi connectivity index (χ1v) is 10.4. The van der Waals surface area contributed by atoms with Gasteiger partial charge in [0, 0.05) is 31.0 Å². The van der Waals surface area contributed by atoms with E-state index in [0.717, 1.165) is 21.3 Å². The van der Waals surface area contributed by atoms with Crippen molar-refractivity contribution in [1.29, 1.82) is 0 Å². The van der Waals surface area contributed by atoms with Gasteiger partial charge < -0.3 is 4.90 Å². The molecule has 2 aromatic heterocycles. The van der Waals surface area contributed by atoms with E-state index in [-0.39, 0.29) is 18.3 Å². The number of hydrogen-bond donors (Lipinski definition) is 0. The van der Waals surface area contributed by atoms with Gasteiger partial charge in [0.15, 0.2) is 5.13 Å². The number of rotatable bonds is 5. The number of benzene rings is 2. The average molecular weight is 462 g/mol. The van der Waals surface area contributed by atoms with Crippen LogP contribution in [0.15, 0.2) is 42.7 Å². The van der Waals surface area contributed by atoms with Gasteiger partial charge in [0.05, 0.1) is 26.3 Å². The fraction of sp³-hybridized carbons (Fsp3) is 0.238. The second-order valence-corrected chi connectivity index (χ2v) is 8.44. The van der Waals surface area contributed by atoms with Gasteiger partial charge in [-0.1, -0.05) is 29.0 Å². The molecule has 0 aliphatic rings. The number of hydrogen-bond acceptors (Lipinski definition) is 6. The molecule has 6 nitrogen and oxygen atoms in total. The average Bonchev–Trinajstić information content (AvgIpc) is 3.17. The first-order chi connectivity index (χ1) is 13.9. The van der Waals surface area contributed by atoms with Crippen molar-refractivity contribution in [2.24, 2.45) is 0 Å². The number of amides is 1. The zero-order valence-electron chi connectivity index (χ0n) is 16.8. The quantitative estimate of drug-likeness (QED) is 0.425. The summed E-state index contributed by atoms with van der Waals surface area (Å²) in [7, 11) is 3.96. The molecule has 0 aliphatic heterocycles. The van der Waals surface area contributed by atoms with Crippen LogP contribution >= 0.6 is 35.3 Å². The van der Waals surface area contributed by atoms with Crippen molar-refractivity contribution >= 4 is 67.6 Å². The Morgan fingerprint density at radius 2 is 1.80 bits per heavy atom. The Bertz CT molecular complexity index is 1170. The van der Waals surface area contributed by atoms with Crippen LogP contribution in [-0.4, -0.2) is 52.9 Å². The number of nitrogens with zero attached hydrogens (tertiary/aromatic N) is 5. The van der Waals surface area contributed by atoms with Crippen LogP contribution in [0.3, 0.4) is 0 Å². The Labute approximate surface area is 189 Å². The highest BCUT2D eigenvalue weighted by Gasteiger charge is 2.23. The van der Waals surface area contributed by atoms with Crippen LogP contribution in [0.1, 0.15) is 15.9 Å². The molecule has 0 N–H and O–H groups in total. The highest BCUT2D eigenvalue weighted by molar-refractivity contribution is 7.23. The van der Waals surface area contributed by atoms with E-state index in [1.54, 1.807) is 29.4 Å². The van der Waals surface area contributed by atoms with E-state index in [4.69, 9.17) is 16.6 Å². The zero-order chi connectivity index (χ0) is 20.5. The third kappa shape index (κ3) is 4.39. The standard InChI is InChI=1S/C21H20ClN5OS.ClH/c1-13-4-6-15(22)19-18(13)25-21(29-19)27(11-10-26(2)3)20(28)14-5-7-16-17(12-14)24-9-8-23-16;/h4-9,12H,10-11H2,1-3H3;1H. The van der Waals surface area contributed by atoms with E-state index in [2.05, 4.69) is 9.97 Å². The molecule has 0 bridgehead atoms. The fourth-order valence-corrected chi connectivity index (χ4v) is 4.38. The Morgan fingerprint density at radius 3 is 2.50 bits per heavy atom. The molecule has 1 amide bonds. The number of anilines is 1. The van der Waals surface area contributed by atoms with Crippen LogP contribution in [-0.2, 0) is 0 Å². The molecule has 0 fully saturated rings. The lowest BCUT2D eigenvalue weighted by Crippen LogP contribution is -2.36. The van der Waals surface area contributed by atoms with Crippen LogP contribution in [0, 0.1) is 6.92 Å². The Balaban J connectivity index is 0.00000256. The summed E-state index contributed by atoms with van der Waals surface area (Å²) in [6.07, 6.45) is 3.26. The first kappa shape index (κ1) is 22.4. The Hall–Kier alpha value is -2.32. The molecule has 0 unspecified atom stereocenters. The number of fused-ring (bicyclic) bond motifs is 2. The minimum atomic E-state index is -0.118. The molecule has 4 aromatic rings. The van der Waals surface area contributed by atoms with Gasteiger partial charge in [-0.3, -0.25) is 19.7 Å². The third-order valence-electron chi connectivity index (χ3n) is 4.65. The summed E-state index contributed by atoms with van der Waals surface area (Å²) in [5.41, 5.74) is 3.87. The van der Waals surface area contributed by atoms with Crippen LogP contribution in [0.5, 0.6) is 0 Å². The van der Waals surface area contributed by atoms with Gasteiger partial charge in [-0.25, -0.2) is 4.98 Å². The van der Waals surface area contributed by atoms with Gasteiger partial charge in [-0.05, 0) is 50.8 Å². The van der Waals surface area contributed by atoms with E-state index in [0.29, 0.717) is 34.3 Å². The Morgan fingerprint density at radius 1 is 1.07 bits per heavy atom. The molecular weight excluding hydrogens is 441 g/mol. The minimum absolute atomic E-state index is 0. The first-order valence-electron chi connectivity index (χ1n) is 9.17. The van der Waals surface area contributed by atoms with Crippen LogP contribution < -0.4 is 4.90 Å². The van der Waals surface area contributed by atoms with Gasteiger partial charge in [0.1, 0.15) is 0 Å². The number of likely N-dealkylation sites (N-methyl/N-ethyl adjacent to an activating group) is 1. The van der Waals surface area contributed by atoms with E-state index < -0.39 is 0 Å². The molecule has 9 heteroatoms. The van der Waals surface area contributed by atoms with E-state index in [1.807, 2.05) is 44.1 Å². The number of carbonyl (C=O) groups is 1. The van der Waals surface area contributed by atoms with Gasteiger partial charge in [-0.15, -0.1) is 12.4 Å². The molecule has 0 saturated carbocycles. The maximum atomic E-state index is 13.4. The normalized spacial score (nSPS) is 11.1. The van der Waals surface area contributed by atoms with Crippen molar-refractivity contribution in [3.05, 3.63) is 58.9 Å². The van der Waals surface area contributed by atoms with Gasteiger partial charge >= 0.3 is 0 Å². The summed E-state index contributed by atoms with van der Waals surface area (Å²) in [5, 5.41) is 1.29. The number of aromatic nitrogens is 3. The van der Waals surface area contributed by atoms with Crippen molar-refractivity contribution in [2.45, 2.75) is 6.92 Å². The molecule has 0 spiro atoms. The molecule has 2 aromatic carbocycles. The van der Waals surface area contributed by atoms with Gasteiger partial charge in [0.25, 0.3) is 5.91 Å². The van der Waals surface area contributed by atoms with Crippen LogP contribution in [0.4, 0.5) is 5.13 Å². The van der Waals surface area contributed by atoms with Crippen molar-refractivity contribution < 1.29 is 4.79 Å². The minimum Gasteiger partial charge on any atom is -0.308 e. The van der Waals surface area contributed by atoms with Crippen molar-refractivity contribution in [1.82, 2.24) is 19.9 Å². The SMILES string of the molecule is Cc1ccc(Cl)c2sc(N(CCN(C)C)C(=O)c3ccc4nccnc4c3)nc12.Cl. The number of aryl methyl sites for hydroxylation is 1. The monoisotopic (exact) mass is 461 g/mol. The highest BCUT2D eigenvalue weighted by atomic mass is 35.5. The molecule has 0 saturated heterocycles. The van der Waals surface area contributed by atoms with Crippen molar-refractivity contribution in [2.75, 3.05) is 32.1 Å². The second kappa shape index (κ2) is 9.22. The predicted octanol–water partition coefficient (Wildman–Crippen LogP) is 4.83. The second-order valence-electron chi connectivity index (χ2n) is 7.06. The van der Waals surface area contributed by atoms with Gasteiger partial charge in [-0.2, -0.15) is 0 Å². The lowest BCUT2D eigenvalue weighted by Gasteiger charge is -2.22. The van der Waals surface area contributed by atoms with Crippen molar-refractivity contribution in [3.8, 4) is 0 Å². The summed E-state index contributed by atoms with van der Waals surface area (Å²) >= 11 is 7.82. The molecule has 0 radical (unpaired) electrons. The number of thiazole rings is 1. The number of carbonyl (C=O) groups excluding carboxylic acids is 1.